The molecule has 0 saturated carbocycles. The Kier molecular flexibility index (Phi) is 4.90. The van der Waals surface area contributed by atoms with Crippen LogP contribution in [0.2, 0.25) is 0 Å². The number of nitrogens with zero attached hydrogens (tertiary/aromatic N) is 2. The maximum atomic E-state index is 12.5. The second kappa shape index (κ2) is 7.13. The zero-order chi connectivity index (χ0) is 18.7. The number of nitrogens with one attached hydrogen (secondary N) is 2. The molecule has 0 bridgehead atoms. The second-order valence-electron chi connectivity index (χ2n) is 6.07. The molecule has 0 radical (unpaired) electrons. The summed E-state index contributed by atoms with van der Waals surface area (Å²) in [5.74, 6) is 0.710. The maximum Gasteiger partial charge on any atom is 0.263 e. The summed E-state index contributed by atoms with van der Waals surface area (Å²) in [5, 5.41) is 11.3. The zero-order valence-corrected chi connectivity index (χ0v) is 15.6. The minimum atomic E-state index is -3.70. The lowest BCUT2D eigenvalue weighted by molar-refractivity contribution is 0.600. The zero-order valence-electron chi connectivity index (χ0n) is 14.8. The van der Waals surface area contributed by atoms with Crippen molar-refractivity contribution in [2.24, 2.45) is 0 Å². The van der Waals surface area contributed by atoms with Crippen molar-refractivity contribution in [3.05, 3.63) is 71.3 Å². The summed E-state index contributed by atoms with van der Waals surface area (Å²) in [6.07, 6.45) is 0. The Labute approximate surface area is 153 Å². The molecule has 1 aromatic heterocycles. The lowest BCUT2D eigenvalue weighted by atomic mass is 10.1. The number of aromatic nitrogens is 2. The van der Waals surface area contributed by atoms with Gasteiger partial charge in [0.15, 0.2) is 11.6 Å². The van der Waals surface area contributed by atoms with E-state index in [1.807, 2.05) is 32.0 Å². The SMILES string of the molecule is Cc1ccccc1S(=O)(=O)Nc1ccc(Nc2c(C)cccc2C)nn1. The summed E-state index contributed by atoms with van der Waals surface area (Å²) in [5.41, 5.74) is 3.82. The molecule has 0 amide bonds. The highest BCUT2D eigenvalue weighted by molar-refractivity contribution is 7.92. The van der Waals surface area contributed by atoms with Crippen molar-refractivity contribution in [2.45, 2.75) is 25.7 Å². The molecular weight excluding hydrogens is 348 g/mol. The Balaban J connectivity index is 1.79. The van der Waals surface area contributed by atoms with Crippen LogP contribution in [-0.4, -0.2) is 18.6 Å². The van der Waals surface area contributed by atoms with Crippen LogP contribution < -0.4 is 10.0 Å². The molecule has 26 heavy (non-hydrogen) atoms. The largest absolute Gasteiger partial charge is 0.338 e. The molecule has 0 fully saturated rings. The third-order valence-corrected chi connectivity index (χ3v) is 5.54. The summed E-state index contributed by atoms with van der Waals surface area (Å²) in [7, 11) is -3.70. The Morgan fingerprint density at radius 3 is 1.92 bits per heavy atom. The molecule has 0 saturated heterocycles. The second-order valence-corrected chi connectivity index (χ2v) is 7.72. The van der Waals surface area contributed by atoms with Crippen LogP contribution in [0, 0.1) is 20.8 Å². The highest BCUT2D eigenvalue weighted by Gasteiger charge is 2.17. The monoisotopic (exact) mass is 368 g/mol. The van der Waals surface area contributed by atoms with E-state index in [9.17, 15) is 8.42 Å². The van der Waals surface area contributed by atoms with Crippen molar-refractivity contribution >= 4 is 27.3 Å². The number of aryl methyl sites for hydroxylation is 3. The van der Waals surface area contributed by atoms with Crippen molar-refractivity contribution in [2.75, 3.05) is 10.0 Å². The molecule has 3 rings (SSSR count). The maximum absolute atomic E-state index is 12.5. The predicted molar refractivity (Wildman–Crippen MR) is 103 cm³/mol. The van der Waals surface area contributed by atoms with Gasteiger partial charge in [0.2, 0.25) is 0 Å². The van der Waals surface area contributed by atoms with E-state index < -0.39 is 10.0 Å². The molecule has 134 valence electrons. The van der Waals surface area contributed by atoms with Gasteiger partial charge in [-0.05, 0) is 55.7 Å². The number of hydrogen-bond acceptors (Lipinski definition) is 5. The van der Waals surface area contributed by atoms with Gasteiger partial charge in [0, 0.05) is 5.69 Å². The molecule has 0 aliphatic carbocycles. The molecular formula is C19H20N4O2S. The quantitative estimate of drug-likeness (QED) is 0.712. The van der Waals surface area contributed by atoms with Gasteiger partial charge in [-0.25, -0.2) is 8.42 Å². The summed E-state index contributed by atoms with van der Waals surface area (Å²) < 4.78 is 27.4. The molecule has 2 aromatic carbocycles. The van der Waals surface area contributed by atoms with E-state index in [0.29, 0.717) is 11.4 Å². The average Bonchev–Trinajstić information content (AvgIpc) is 2.60. The average molecular weight is 368 g/mol. The van der Waals surface area contributed by atoms with Gasteiger partial charge in [0.05, 0.1) is 4.90 Å². The molecule has 0 aliphatic heterocycles. The number of sulfonamides is 1. The Morgan fingerprint density at radius 2 is 1.31 bits per heavy atom. The van der Waals surface area contributed by atoms with E-state index in [0.717, 1.165) is 16.8 Å². The fraction of sp³-hybridized carbons (Fsp3) is 0.158. The molecule has 6 nitrogen and oxygen atoms in total. The topological polar surface area (TPSA) is 84.0 Å². The van der Waals surface area contributed by atoms with Gasteiger partial charge in [0.1, 0.15) is 0 Å². The van der Waals surface area contributed by atoms with Crippen molar-refractivity contribution in [3.8, 4) is 0 Å². The molecule has 3 aromatic rings. The predicted octanol–water partition coefficient (Wildman–Crippen LogP) is 3.95. The lowest BCUT2D eigenvalue weighted by Crippen LogP contribution is -2.15. The number of benzene rings is 2. The van der Waals surface area contributed by atoms with E-state index in [-0.39, 0.29) is 10.7 Å². The van der Waals surface area contributed by atoms with Crippen LogP contribution in [0.15, 0.2) is 59.5 Å². The highest BCUT2D eigenvalue weighted by atomic mass is 32.2. The van der Waals surface area contributed by atoms with E-state index in [4.69, 9.17) is 0 Å². The Hall–Kier alpha value is -2.93. The number of rotatable bonds is 5. The normalized spacial score (nSPS) is 11.2. The smallest absolute Gasteiger partial charge is 0.263 e. The summed E-state index contributed by atoms with van der Waals surface area (Å²) in [4.78, 5) is 0.222. The summed E-state index contributed by atoms with van der Waals surface area (Å²) in [6, 6.07) is 16.1. The standard InChI is InChI=1S/C19H20N4O2S/c1-13-7-4-5-10-16(13)26(24,25)23-18-12-11-17(21-22-18)20-19-14(2)8-6-9-15(19)3/h4-12H,1-3H3,(H,20,21)(H,22,23). The fourth-order valence-electron chi connectivity index (χ4n) is 2.64. The van der Waals surface area contributed by atoms with Crippen LogP contribution in [-0.2, 0) is 10.0 Å². The number of hydrogen-bond donors (Lipinski definition) is 2. The van der Waals surface area contributed by atoms with Gasteiger partial charge in [-0.15, -0.1) is 10.2 Å². The first kappa shape index (κ1) is 17.9. The fourth-order valence-corrected chi connectivity index (χ4v) is 3.89. The first-order valence-electron chi connectivity index (χ1n) is 8.12. The van der Waals surface area contributed by atoms with Crippen LogP contribution in [0.3, 0.4) is 0 Å². The molecule has 0 aliphatic rings. The van der Waals surface area contributed by atoms with Gasteiger partial charge in [-0.2, -0.15) is 0 Å². The molecule has 7 heteroatoms. The van der Waals surface area contributed by atoms with Crippen molar-refractivity contribution < 1.29 is 8.42 Å². The molecule has 0 unspecified atom stereocenters. The van der Waals surface area contributed by atoms with Crippen molar-refractivity contribution in [3.63, 3.8) is 0 Å². The van der Waals surface area contributed by atoms with E-state index in [2.05, 4.69) is 20.2 Å². The minimum absolute atomic E-state index is 0.167. The molecule has 0 atom stereocenters. The van der Waals surface area contributed by atoms with E-state index in [1.54, 1.807) is 43.3 Å². The van der Waals surface area contributed by atoms with Gasteiger partial charge < -0.3 is 5.32 Å². The molecule has 2 N–H and O–H groups in total. The number of anilines is 3. The van der Waals surface area contributed by atoms with Crippen LogP contribution in [0.5, 0.6) is 0 Å². The Morgan fingerprint density at radius 1 is 0.731 bits per heavy atom. The van der Waals surface area contributed by atoms with Gasteiger partial charge >= 0.3 is 0 Å². The molecule has 0 spiro atoms. The van der Waals surface area contributed by atoms with E-state index >= 15 is 0 Å². The Bertz CT molecular complexity index is 1010. The van der Waals surface area contributed by atoms with Crippen molar-refractivity contribution in [1.29, 1.82) is 0 Å². The lowest BCUT2D eigenvalue weighted by Gasteiger charge is -2.12. The van der Waals surface area contributed by atoms with Gasteiger partial charge in [-0.3, -0.25) is 4.72 Å². The number of para-hydroxylation sites is 1. The van der Waals surface area contributed by atoms with Crippen molar-refractivity contribution in [1.82, 2.24) is 10.2 Å². The van der Waals surface area contributed by atoms with Crippen LogP contribution in [0.4, 0.5) is 17.3 Å². The highest BCUT2D eigenvalue weighted by Crippen LogP contribution is 2.23. The molecule has 1 heterocycles. The van der Waals surface area contributed by atoms with Crippen LogP contribution in [0.1, 0.15) is 16.7 Å². The van der Waals surface area contributed by atoms with Crippen LogP contribution in [0.25, 0.3) is 0 Å². The minimum Gasteiger partial charge on any atom is -0.338 e. The third-order valence-electron chi connectivity index (χ3n) is 4.02. The van der Waals surface area contributed by atoms with E-state index in [1.165, 1.54) is 0 Å². The van der Waals surface area contributed by atoms with Gasteiger partial charge in [0.25, 0.3) is 10.0 Å². The third kappa shape index (κ3) is 3.83. The first-order valence-corrected chi connectivity index (χ1v) is 9.60. The summed E-state index contributed by atoms with van der Waals surface area (Å²) in [6.45, 7) is 5.76. The summed E-state index contributed by atoms with van der Waals surface area (Å²) >= 11 is 0. The van der Waals surface area contributed by atoms with Gasteiger partial charge in [-0.1, -0.05) is 36.4 Å². The van der Waals surface area contributed by atoms with Crippen LogP contribution >= 0.6 is 0 Å². The first-order chi connectivity index (χ1) is 12.4.